The summed E-state index contributed by atoms with van der Waals surface area (Å²) >= 11 is 0. The van der Waals surface area contributed by atoms with Crippen molar-refractivity contribution >= 4 is 16.8 Å². The Morgan fingerprint density at radius 2 is 1.90 bits per heavy atom. The monoisotopic (exact) mass is 417 g/mol. The van der Waals surface area contributed by atoms with E-state index in [9.17, 15) is 9.59 Å². The number of pyridine rings is 1. The highest BCUT2D eigenvalue weighted by Crippen LogP contribution is 2.15. The van der Waals surface area contributed by atoms with Crippen LogP contribution in [0.15, 0.2) is 53.5 Å². The number of aliphatic hydroxyl groups excluding tert-OH is 1. The molecule has 0 spiro atoms. The fourth-order valence-electron chi connectivity index (χ4n) is 3.25. The summed E-state index contributed by atoms with van der Waals surface area (Å²) in [6.07, 6.45) is 1.64. The Kier molecular flexibility index (Phi) is 7.24. The van der Waals surface area contributed by atoms with E-state index in [-0.39, 0.29) is 17.6 Å². The smallest absolute Gasteiger partial charge is 0.257 e. The van der Waals surface area contributed by atoms with E-state index >= 15 is 0 Å². The van der Waals surface area contributed by atoms with Crippen LogP contribution in [0.25, 0.3) is 10.9 Å². The van der Waals surface area contributed by atoms with Crippen molar-refractivity contribution in [2.24, 2.45) is 0 Å². The average molecular weight is 418 g/mol. The maximum Gasteiger partial charge on any atom is 0.257 e. The summed E-state index contributed by atoms with van der Waals surface area (Å²) < 4.78 is 1.93. The van der Waals surface area contributed by atoms with Crippen LogP contribution in [-0.2, 0) is 13.1 Å². The van der Waals surface area contributed by atoms with Crippen LogP contribution in [0, 0.1) is 18.8 Å². The predicted molar refractivity (Wildman–Crippen MR) is 123 cm³/mol. The fraction of sp³-hybridized carbons (Fsp3) is 0.280. The van der Waals surface area contributed by atoms with Gasteiger partial charge in [0.25, 0.3) is 5.91 Å². The standard InChI is InChI=1S/C25H27N3O3/c1-18-6-8-20(9-7-18)16-26-25(31)22-17-28(13-12-27(2)3)23-11-10-19(5-4-14-29)15-21(23)24(22)30/h6-11,15,17,29H,12-14,16H2,1-3H3,(H,26,31). The zero-order valence-electron chi connectivity index (χ0n) is 18.1. The van der Waals surface area contributed by atoms with Crippen LogP contribution in [-0.4, -0.2) is 47.7 Å². The SMILES string of the molecule is Cc1ccc(CNC(=O)c2cn(CCN(C)C)c3ccc(C#CCO)cc3c2=O)cc1. The number of hydrogen-bond acceptors (Lipinski definition) is 4. The van der Waals surface area contributed by atoms with E-state index in [1.165, 1.54) is 0 Å². The number of amides is 1. The summed E-state index contributed by atoms with van der Waals surface area (Å²) in [5, 5.41) is 12.2. The molecule has 0 unspecified atom stereocenters. The van der Waals surface area contributed by atoms with Crippen LogP contribution < -0.4 is 10.7 Å². The normalized spacial score (nSPS) is 10.7. The van der Waals surface area contributed by atoms with E-state index in [0.29, 0.717) is 24.0 Å². The molecule has 3 rings (SSSR count). The quantitative estimate of drug-likeness (QED) is 0.603. The lowest BCUT2D eigenvalue weighted by molar-refractivity contribution is 0.0949. The first-order valence-electron chi connectivity index (χ1n) is 10.1. The van der Waals surface area contributed by atoms with Crippen molar-refractivity contribution in [3.63, 3.8) is 0 Å². The Balaban J connectivity index is 1.99. The zero-order chi connectivity index (χ0) is 22.4. The number of nitrogens with zero attached hydrogens (tertiary/aromatic N) is 2. The molecule has 6 heteroatoms. The summed E-state index contributed by atoms with van der Waals surface area (Å²) in [5.74, 6) is 5.02. The Labute approximate surface area is 182 Å². The molecular formula is C25H27N3O3. The number of aryl methyl sites for hydroxylation is 1. The van der Waals surface area contributed by atoms with Crippen LogP contribution in [0.5, 0.6) is 0 Å². The van der Waals surface area contributed by atoms with Gasteiger partial charge in [-0.15, -0.1) is 0 Å². The highest BCUT2D eigenvalue weighted by molar-refractivity contribution is 5.97. The number of likely N-dealkylation sites (N-methyl/N-ethyl adjacent to an activating group) is 1. The minimum atomic E-state index is -0.405. The molecule has 1 aromatic heterocycles. The minimum Gasteiger partial charge on any atom is -0.384 e. The molecule has 0 aliphatic heterocycles. The second kappa shape index (κ2) is 10.1. The number of carbonyl (C=O) groups excluding carboxylic acids is 1. The van der Waals surface area contributed by atoms with Crippen LogP contribution in [0.1, 0.15) is 27.0 Å². The van der Waals surface area contributed by atoms with Crippen molar-refractivity contribution in [1.29, 1.82) is 0 Å². The van der Waals surface area contributed by atoms with Gasteiger partial charge in [0.1, 0.15) is 12.2 Å². The third-order valence-corrected chi connectivity index (χ3v) is 5.00. The number of hydrogen-bond donors (Lipinski definition) is 2. The molecule has 3 aromatic rings. The number of benzene rings is 2. The summed E-state index contributed by atoms with van der Waals surface area (Å²) in [5.41, 5.74) is 3.25. The van der Waals surface area contributed by atoms with Crippen molar-refractivity contribution in [3.8, 4) is 11.8 Å². The van der Waals surface area contributed by atoms with Crippen molar-refractivity contribution in [1.82, 2.24) is 14.8 Å². The molecule has 160 valence electrons. The first-order valence-corrected chi connectivity index (χ1v) is 10.1. The Morgan fingerprint density at radius 1 is 1.16 bits per heavy atom. The van der Waals surface area contributed by atoms with E-state index in [0.717, 1.165) is 23.2 Å². The lowest BCUT2D eigenvalue weighted by Crippen LogP contribution is -2.30. The molecule has 0 saturated heterocycles. The number of carbonyl (C=O) groups is 1. The Bertz CT molecular complexity index is 1200. The third kappa shape index (κ3) is 5.60. The maximum atomic E-state index is 13.2. The summed E-state index contributed by atoms with van der Waals surface area (Å²) in [7, 11) is 3.95. The molecule has 0 saturated carbocycles. The highest BCUT2D eigenvalue weighted by Gasteiger charge is 2.16. The summed E-state index contributed by atoms with van der Waals surface area (Å²) in [4.78, 5) is 28.1. The van der Waals surface area contributed by atoms with Crippen LogP contribution in [0.2, 0.25) is 0 Å². The van der Waals surface area contributed by atoms with Gasteiger partial charge in [0, 0.05) is 36.8 Å². The van der Waals surface area contributed by atoms with Crippen molar-refractivity contribution in [2.45, 2.75) is 20.0 Å². The van der Waals surface area contributed by atoms with Gasteiger partial charge in [-0.2, -0.15) is 0 Å². The lowest BCUT2D eigenvalue weighted by atomic mass is 10.1. The second-order valence-electron chi connectivity index (χ2n) is 7.73. The van der Waals surface area contributed by atoms with E-state index in [2.05, 4.69) is 17.2 Å². The maximum absolute atomic E-state index is 13.2. The average Bonchev–Trinajstić information content (AvgIpc) is 2.76. The number of fused-ring (bicyclic) bond motifs is 1. The molecule has 0 atom stereocenters. The van der Waals surface area contributed by atoms with Gasteiger partial charge < -0.3 is 19.9 Å². The molecule has 6 nitrogen and oxygen atoms in total. The molecule has 0 bridgehead atoms. The van der Waals surface area contributed by atoms with Crippen LogP contribution in [0.3, 0.4) is 0 Å². The van der Waals surface area contributed by atoms with Gasteiger partial charge in [-0.3, -0.25) is 9.59 Å². The van der Waals surface area contributed by atoms with Crippen LogP contribution >= 0.6 is 0 Å². The van der Waals surface area contributed by atoms with E-state index in [4.69, 9.17) is 5.11 Å². The second-order valence-corrected chi connectivity index (χ2v) is 7.73. The molecule has 0 aliphatic rings. The summed E-state index contributed by atoms with van der Waals surface area (Å²) in [6, 6.07) is 13.2. The minimum absolute atomic E-state index is 0.102. The number of nitrogens with one attached hydrogen (secondary N) is 1. The molecule has 1 amide bonds. The first kappa shape index (κ1) is 22.3. The van der Waals surface area contributed by atoms with Gasteiger partial charge >= 0.3 is 0 Å². The van der Waals surface area contributed by atoms with Crippen molar-refractivity contribution < 1.29 is 9.90 Å². The van der Waals surface area contributed by atoms with Gasteiger partial charge in [0.05, 0.1) is 5.52 Å². The molecule has 2 N–H and O–H groups in total. The number of aliphatic hydroxyl groups is 1. The van der Waals surface area contributed by atoms with Gasteiger partial charge in [-0.1, -0.05) is 41.7 Å². The molecule has 2 aromatic carbocycles. The molecule has 0 aliphatic carbocycles. The Morgan fingerprint density at radius 3 is 2.58 bits per heavy atom. The molecule has 0 fully saturated rings. The van der Waals surface area contributed by atoms with Gasteiger partial charge in [0.15, 0.2) is 0 Å². The van der Waals surface area contributed by atoms with E-state index < -0.39 is 5.91 Å². The predicted octanol–water partition coefficient (Wildman–Crippen LogP) is 2.15. The lowest BCUT2D eigenvalue weighted by Gasteiger charge is -2.16. The zero-order valence-corrected chi connectivity index (χ0v) is 18.1. The number of rotatable bonds is 6. The highest BCUT2D eigenvalue weighted by atomic mass is 16.2. The number of aromatic nitrogens is 1. The van der Waals surface area contributed by atoms with Gasteiger partial charge in [-0.25, -0.2) is 0 Å². The van der Waals surface area contributed by atoms with Gasteiger partial charge in [0.2, 0.25) is 5.43 Å². The molecular weight excluding hydrogens is 390 g/mol. The van der Waals surface area contributed by atoms with Crippen LogP contribution in [0.4, 0.5) is 0 Å². The van der Waals surface area contributed by atoms with Gasteiger partial charge in [-0.05, 0) is 44.8 Å². The largest absolute Gasteiger partial charge is 0.384 e. The first-order chi connectivity index (χ1) is 14.9. The topological polar surface area (TPSA) is 74.6 Å². The Hall–Kier alpha value is -3.40. The van der Waals surface area contributed by atoms with Crippen molar-refractivity contribution in [2.75, 3.05) is 27.2 Å². The third-order valence-electron chi connectivity index (χ3n) is 5.00. The van der Waals surface area contributed by atoms with E-state index in [1.54, 1.807) is 12.3 Å². The molecule has 31 heavy (non-hydrogen) atoms. The molecule has 0 radical (unpaired) electrons. The van der Waals surface area contributed by atoms with Crippen molar-refractivity contribution in [3.05, 3.63) is 81.1 Å². The molecule has 1 heterocycles. The van der Waals surface area contributed by atoms with E-state index in [1.807, 2.05) is 66.9 Å². The fourth-order valence-corrected chi connectivity index (χ4v) is 3.25. The summed E-state index contributed by atoms with van der Waals surface area (Å²) in [6.45, 7) is 3.48.